The summed E-state index contributed by atoms with van der Waals surface area (Å²) in [6.07, 6.45) is 1.87. The number of carboxylic acids is 1. The monoisotopic (exact) mass is 230 g/mol. The van der Waals surface area contributed by atoms with Crippen LogP contribution in [0.15, 0.2) is 11.6 Å². The Kier molecular flexibility index (Phi) is 5.16. The van der Waals surface area contributed by atoms with Gasteiger partial charge in [0.15, 0.2) is 0 Å². The van der Waals surface area contributed by atoms with Crippen LogP contribution in [-0.2, 0) is 14.6 Å². The van der Waals surface area contributed by atoms with Gasteiger partial charge in [-0.05, 0) is 41.5 Å². The molecule has 4 heteroatoms. The summed E-state index contributed by atoms with van der Waals surface area (Å²) in [7, 11) is 0. The van der Waals surface area contributed by atoms with Crippen LogP contribution in [0.2, 0.25) is 0 Å². The molecule has 4 nitrogen and oxygen atoms in total. The predicted octanol–water partition coefficient (Wildman–Crippen LogP) is 2.93. The molecule has 0 aromatic heterocycles. The molecule has 94 valence electrons. The Bertz CT molecular complexity index is 271. The first-order valence-electron chi connectivity index (χ1n) is 5.33. The van der Waals surface area contributed by atoms with E-state index in [4.69, 9.17) is 14.9 Å². The van der Waals surface area contributed by atoms with Crippen LogP contribution in [0.4, 0.5) is 0 Å². The molecule has 0 aromatic carbocycles. The molecule has 0 amide bonds. The Morgan fingerprint density at radius 3 is 2.00 bits per heavy atom. The van der Waals surface area contributed by atoms with Gasteiger partial charge >= 0.3 is 5.97 Å². The molecule has 16 heavy (non-hydrogen) atoms. The third-order valence-corrected chi connectivity index (χ3v) is 1.76. The molecule has 0 aliphatic carbocycles. The third-order valence-electron chi connectivity index (χ3n) is 1.76. The summed E-state index contributed by atoms with van der Waals surface area (Å²) < 4.78 is 0. The molecule has 0 aliphatic rings. The average molecular weight is 230 g/mol. The smallest absolute Gasteiger partial charge is 0.331 e. The first kappa shape index (κ1) is 15.1. The van der Waals surface area contributed by atoms with Gasteiger partial charge in [0.25, 0.3) is 0 Å². The Morgan fingerprint density at radius 1 is 1.19 bits per heavy atom. The van der Waals surface area contributed by atoms with Gasteiger partial charge in [0, 0.05) is 12.0 Å². The van der Waals surface area contributed by atoms with Gasteiger partial charge in [-0.1, -0.05) is 6.08 Å². The summed E-state index contributed by atoms with van der Waals surface area (Å²) in [5, 5.41) is 8.90. The SMILES string of the molecule is C/C=C(\CC(C)(C)OOC(C)(C)C)C(=O)O. The minimum atomic E-state index is -0.921. The molecular weight excluding hydrogens is 208 g/mol. The van der Waals surface area contributed by atoms with Gasteiger partial charge in [0.2, 0.25) is 0 Å². The zero-order chi connectivity index (χ0) is 13.0. The largest absolute Gasteiger partial charge is 0.478 e. The number of allylic oxidation sites excluding steroid dienone is 1. The van der Waals surface area contributed by atoms with E-state index in [0.717, 1.165) is 0 Å². The van der Waals surface area contributed by atoms with Crippen molar-refractivity contribution in [3.05, 3.63) is 11.6 Å². The van der Waals surface area contributed by atoms with Crippen molar-refractivity contribution in [3.8, 4) is 0 Å². The van der Waals surface area contributed by atoms with E-state index in [0.29, 0.717) is 12.0 Å². The van der Waals surface area contributed by atoms with Crippen LogP contribution in [0.5, 0.6) is 0 Å². The second kappa shape index (κ2) is 5.46. The van der Waals surface area contributed by atoms with E-state index in [-0.39, 0.29) is 0 Å². The molecule has 0 aromatic rings. The lowest BCUT2D eigenvalue weighted by molar-refractivity contribution is -0.396. The number of rotatable bonds is 5. The number of hydrogen-bond donors (Lipinski definition) is 1. The van der Waals surface area contributed by atoms with E-state index in [1.165, 1.54) is 0 Å². The highest BCUT2D eigenvalue weighted by atomic mass is 17.2. The van der Waals surface area contributed by atoms with Gasteiger partial charge in [0.05, 0.1) is 5.60 Å². The van der Waals surface area contributed by atoms with Gasteiger partial charge in [-0.3, -0.25) is 0 Å². The Balaban J connectivity index is 4.40. The summed E-state index contributed by atoms with van der Waals surface area (Å²) in [4.78, 5) is 21.3. The van der Waals surface area contributed by atoms with Crippen molar-refractivity contribution in [2.75, 3.05) is 0 Å². The van der Waals surface area contributed by atoms with E-state index in [1.54, 1.807) is 26.8 Å². The molecule has 1 N–H and O–H groups in total. The van der Waals surface area contributed by atoms with Crippen LogP contribution in [0.1, 0.15) is 48.0 Å². The predicted molar refractivity (Wildman–Crippen MR) is 62.0 cm³/mol. The van der Waals surface area contributed by atoms with E-state index in [2.05, 4.69) is 0 Å². The van der Waals surface area contributed by atoms with Gasteiger partial charge in [0.1, 0.15) is 5.60 Å². The van der Waals surface area contributed by atoms with Crippen molar-refractivity contribution in [2.45, 2.75) is 59.2 Å². The summed E-state index contributed by atoms with van der Waals surface area (Å²) in [6.45, 7) is 10.9. The van der Waals surface area contributed by atoms with Crippen molar-refractivity contribution in [1.82, 2.24) is 0 Å². The van der Waals surface area contributed by atoms with Gasteiger partial charge in [-0.2, -0.15) is 0 Å². The molecule has 0 saturated carbocycles. The Hall–Kier alpha value is -0.870. The zero-order valence-corrected chi connectivity index (χ0v) is 11.0. The maximum absolute atomic E-state index is 10.8. The zero-order valence-electron chi connectivity index (χ0n) is 11.0. The van der Waals surface area contributed by atoms with E-state index < -0.39 is 17.2 Å². The first-order valence-corrected chi connectivity index (χ1v) is 5.33. The maximum atomic E-state index is 10.8. The van der Waals surface area contributed by atoms with Gasteiger partial charge < -0.3 is 5.11 Å². The fraction of sp³-hybridized carbons (Fsp3) is 0.750. The number of aliphatic carboxylic acids is 1. The van der Waals surface area contributed by atoms with Gasteiger partial charge in [-0.15, -0.1) is 0 Å². The normalized spacial score (nSPS) is 14.0. The quantitative estimate of drug-likeness (QED) is 0.448. The van der Waals surface area contributed by atoms with Crippen LogP contribution in [0, 0.1) is 0 Å². The van der Waals surface area contributed by atoms with E-state index in [1.807, 2.05) is 20.8 Å². The Morgan fingerprint density at radius 2 is 1.69 bits per heavy atom. The number of hydrogen-bond acceptors (Lipinski definition) is 3. The molecule has 0 saturated heterocycles. The highest BCUT2D eigenvalue weighted by Gasteiger charge is 2.27. The van der Waals surface area contributed by atoms with Crippen LogP contribution in [0.25, 0.3) is 0 Å². The molecule has 0 aliphatic heterocycles. The van der Waals surface area contributed by atoms with Crippen molar-refractivity contribution in [2.24, 2.45) is 0 Å². The number of carboxylic acid groups (broad SMARTS) is 1. The number of carbonyl (C=O) groups is 1. The van der Waals surface area contributed by atoms with Crippen molar-refractivity contribution in [1.29, 1.82) is 0 Å². The molecule has 0 atom stereocenters. The lowest BCUT2D eigenvalue weighted by atomic mass is 9.98. The van der Waals surface area contributed by atoms with Crippen molar-refractivity contribution in [3.63, 3.8) is 0 Å². The molecule has 0 unspecified atom stereocenters. The minimum Gasteiger partial charge on any atom is -0.478 e. The summed E-state index contributed by atoms with van der Waals surface area (Å²) in [5.74, 6) is -0.921. The second-order valence-corrected chi connectivity index (χ2v) is 5.33. The lowest BCUT2D eigenvalue weighted by Crippen LogP contribution is -2.31. The molecule has 0 radical (unpaired) electrons. The van der Waals surface area contributed by atoms with E-state index in [9.17, 15) is 4.79 Å². The highest BCUT2D eigenvalue weighted by molar-refractivity contribution is 5.86. The van der Waals surface area contributed by atoms with Crippen LogP contribution >= 0.6 is 0 Å². The van der Waals surface area contributed by atoms with Gasteiger partial charge in [-0.25, -0.2) is 14.6 Å². The summed E-state index contributed by atoms with van der Waals surface area (Å²) in [5.41, 5.74) is -0.744. The lowest BCUT2D eigenvalue weighted by Gasteiger charge is -2.28. The minimum absolute atomic E-state index is 0.301. The Labute approximate surface area is 97.2 Å². The van der Waals surface area contributed by atoms with Crippen LogP contribution in [-0.4, -0.2) is 22.3 Å². The first-order chi connectivity index (χ1) is 7.07. The van der Waals surface area contributed by atoms with Crippen LogP contribution < -0.4 is 0 Å². The fourth-order valence-electron chi connectivity index (χ4n) is 1.03. The molecule has 0 fully saturated rings. The highest BCUT2D eigenvalue weighted by Crippen LogP contribution is 2.23. The third kappa shape index (κ3) is 6.58. The van der Waals surface area contributed by atoms with Crippen molar-refractivity contribution < 1.29 is 19.7 Å². The molecule has 0 rings (SSSR count). The fourth-order valence-corrected chi connectivity index (χ4v) is 1.03. The molecular formula is C12H22O4. The average Bonchev–Trinajstić information content (AvgIpc) is 2.10. The second-order valence-electron chi connectivity index (χ2n) is 5.33. The molecule has 0 spiro atoms. The van der Waals surface area contributed by atoms with Crippen molar-refractivity contribution >= 4 is 5.97 Å². The maximum Gasteiger partial charge on any atom is 0.331 e. The summed E-state index contributed by atoms with van der Waals surface area (Å²) in [6, 6.07) is 0. The topological polar surface area (TPSA) is 55.8 Å². The molecule has 0 bridgehead atoms. The van der Waals surface area contributed by atoms with E-state index >= 15 is 0 Å². The standard InChI is InChI=1S/C12H22O4/c1-7-9(10(13)14)8-12(5,6)16-15-11(2,3)4/h7H,8H2,1-6H3,(H,13,14)/b9-7+. The van der Waals surface area contributed by atoms with Crippen LogP contribution in [0.3, 0.4) is 0 Å². The summed E-state index contributed by atoms with van der Waals surface area (Å²) >= 11 is 0. The molecule has 0 heterocycles.